The Bertz CT molecular complexity index is 539. The van der Waals surface area contributed by atoms with E-state index in [0.717, 1.165) is 37.3 Å². The quantitative estimate of drug-likeness (QED) is 0.776. The van der Waals surface area contributed by atoms with E-state index in [-0.39, 0.29) is 5.92 Å². The topological polar surface area (TPSA) is 87.5 Å². The molecule has 0 saturated carbocycles. The first-order valence-corrected chi connectivity index (χ1v) is 7.70. The van der Waals surface area contributed by atoms with Gasteiger partial charge >= 0.3 is 6.03 Å². The molecule has 2 rings (SSSR count). The Morgan fingerprint density at radius 3 is 2.41 bits per heavy atom. The zero-order valence-corrected chi connectivity index (χ0v) is 13.1. The molecule has 0 aromatic heterocycles. The summed E-state index contributed by atoms with van der Waals surface area (Å²) < 4.78 is 0. The standard InChI is InChI=1S/C16H24N4O2/c1-11(2)14(15(17)21)19-16(22)18-12-7-3-4-8-13(12)20-9-5-6-10-20/h3-4,7-8,11,14H,5-6,9-10H2,1-2H3,(H2,17,21)(H2,18,19,22)/t14-/m1/s1. The van der Waals surface area contributed by atoms with Crippen molar-refractivity contribution in [2.24, 2.45) is 11.7 Å². The van der Waals surface area contributed by atoms with Crippen molar-refractivity contribution in [3.63, 3.8) is 0 Å². The number of amides is 3. The molecule has 1 aliphatic heterocycles. The van der Waals surface area contributed by atoms with E-state index in [4.69, 9.17) is 5.73 Å². The van der Waals surface area contributed by atoms with E-state index in [9.17, 15) is 9.59 Å². The second kappa shape index (κ2) is 7.15. The number of hydrogen-bond acceptors (Lipinski definition) is 3. The van der Waals surface area contributed by atoms with Crippen molar-refractivity contribution in [2.45, 2.75) is 32.7 Å². The Morgan fingerprint density at radius 2 is 1.82 bits per heavy atom. The van der Waals surface area contributed by atoms with Crippen LogP contribution in [0.1, 0.15) is 26.7 Å². The smallest absolute Gasteiger partial charge is 0.319 e. The fraction of sp³-hybridized carbons (Fsp3) is 0.500. The Balaban J connectivity index is 2.07. The van der Waals surface area contributed by atoms with Crippen LogP contribution < -0.4 is 21.3 Å². The lowest BCUT2D eigenvalue weighted by atomic mass is 10.0. The Labute approximate surface area is 131 Å². The highest BCUT2D eigenvalue weighted by molar-refractivity contribution is 5.96. The molecule has 0 aliphatic carbocycles. The number of carbonyl (C=O) groups excluding carboxylic acids is 2. The van der Waals surface area contributed by atoms with Crippen LogP contribution in [0.3, 0.4) is 0 Å². The number of carbonyl (C=O) groups is 2. The van der Waals surface area contributed by atoms with Crippen molar-refractivity contribution < 1.29 is 9.59 Å². The number of urea groups is 1. The number of nitrogens with zero attached hydrogens (tertiary/aromatic N) is 1. The van der Waals surface area contributed by atoms with Crippen LogP contribution in [-0.4, -0.2) is 31.1 Å². The summed E-state index contributed by atoms with van der Waals surface area (Å²) in [7, 11) is 0. The highest BCUT2D eigenvalue weighted by Crippen LogP contribution is 2.28. The van der Waals surface area contributed by atoms with Gasteiger partial charge in [-0.3, -0.25) is 4.79 Å². The van der Waals surface area contributed by atoms with Gasteiger partial charge in [-0.1, -0.05) is 26.0 Å². The van der Waals surface area contributed by atoms with E-state index < -0.39 is 18.0 Å². The summed E-state index contributed by atoms with van der Waals surface area (Å²) in [6.07, 6.45) is 2.33. The molecule has 1 aromatic rings. The van der Waals surface area contributed by atoms with E-state index in [1.165, 1.54) is 0 Å². The van der Waals surface area contributed by atoms with Crippen LogP contribution in [0.4, 0.5) is 16.2 Å². The third-order valence-corrected chi connectivity index (χ3v) is 3.86. The molecule has 1 saturated heterocycles. The van der Waals surface area contributed by atoms with Crippen LogP contribution in [0.2, 0.25) is 0 Å². The Morgan fingerprint density at radius 1 is 1.18 bits per heavy atom. The summed E-state index contributed by atoms with van der Waals surface area (Å²) in [5, 5.41) is 5.47. The average molecular weight is 304 g/mol. The molecule has 6 nitrogen and oxygen atoms in total. The minimum Gasteiger partial charge on any atom is -0.370 e. The highest BCUT2D eigenvalue weighted by Gasteiger charge is 2.22. The number of rotatable bonds is 5. The molecule has 1 aliphatic rings. The van der Waals surface area contributed by atoms with Gasteiger partial charge < -0.3 is 21.3 Å². The number of para-hydroxylation sites is 2. The number of nitrogens with two attached hydrogens (primary N) is 1. The normalized spacial score (nSPS) is 15.7. The van der Waals surface area contributed by atoms with E-state index >= 15 is 0 Å². The molecule has 1 heterocycles. The van der Waals surface area contributed by atoms with Crippen molar-refractivity contribution >= 4 is 23.3 Å². The summed E-state index contributed by atoms with van der Waals surface area (Å²) in [5.41, 5.74) is 7.07. The molecule has 0 radical (unpaired) electrons. The summed E-state index contributed by atoms with van der Waals surface area (Å²) >= 11 is 0. The van der Waals surface area contributed by atoms with Crippen LogP contribution in [0.15, 0.2) is 24.3 Å². The molecule has 6 heteroatoms. The van der Waals surface area contributed by atoms with Crippen molar-refractivity contribution in [3.8, 4) is 0 Å². The molecule has 0 bridgehead atoms. The predicted molar refractivity (Wildman–Crippen MR) is 87.9 cm³/mol. The average Bonchev–Trinajstić information content (AvgIpc) is 2.98. The van der Waals surface area contributed by atoms with Gasteiger partial charge in [-0.05, 0) is 30.9 Å². The highest BCUT2D eigenvalue weighted by atomic mass is 16.2. The van der Waals surface area contributed by atoms with E-state index in [0.29, 0.717) is 0 Å². The number of benzene rings is 1. The van der Waals surface area contributed by atoms with Crippen LogP contribution in [0.5, 0.6) is 0 Å². The molecule has 22 heavy (non-hydrogen) atoms. The zero-order valence-electron chi connectivity index (χ0n) is 13.1. The van der Waals surface area contributed by atoms with E-state index in [1.54, 1.807) is 0 Å². The Kier molecular flexibility index (Phi) is 5.25. The molecular weight excluding hydrogens is 280 g/mol. The number of anilines is 2. The molecule has 1 fully saturated rings. The lowest BCUT2D eigenvalue weighted by molar-refractivity contribution is -0.120. The van der Waals surface area contributed by atoms with Gasteiger partial charge in [0, 0.05) is 13.1 Å². The minimum absolute atomic E-state index is 0.0583. The van der Waals surface area contributed by atoms with Gasteiger partial charge in [0.15, 0.2) is 0 Å². The number of hydrogen-bond donors (Lipinski definition) is 3. The number of nitrogens with one attached hydrogen (secondary N) is 2. The third-order valence-electron chi connectivity index (χ3n) is 3.86. The van der Waals surface area contributed by atoms with Gasteiger partial charge in [0.1, 0.15) is 6.04 Å². The Hall–Kier alpha value is -2.24. The first-order valence-electron chi connectivity index (χ1n) is 7.70. The van der Waals surface area contributed by atoms with Gasteiger partial charge in [0.2, 0.25) is 5.91 Å². The maximum Gasteiger partial charge on any atom is 0.319 e. The molecule has 4 N–H and O–H groups in total. The van der Waals surface area contributed by atoms with Gasteiger partial charge in [-0.2, -0.15) is 0 Å². The lowest BCUT2D eigenvalue weighted by Crippen LogP contribution is -2.49. The molecule has 0 unspecified atom stereocenters. The third kappa shape index (κ3) is 3.90. The first kappa shape index (κ1) is 16.1. The van der Waals surface area contributed by atoms with Gasteiger partial charge in [0.25, 0.3) is 0 Å². The lowest BCUT2D eigenvalue weighted by Gasteiger charge is -2.23. The largest absolute Gasteiger partial charge is 0.370 e. The molecule has 0 spiro atoms. The minimum atomic E-state index is -0.682. The van der Waals surface area contributed by atoms with Gasteiger partial charge in [0.05, 0.1) is 11.4 Å². The van der Waals surface area contributed by atoms with Crippen molar-refractivity contribution in [3.05, 3.63) is 24.3 Å². The SMILES string of the molecule is CC(C)[C@@H](NC(=O)Nc1ccccc1N1CCCC1)C(N)=O. The fourth-order valence-corrected chi connectivity index (χ4v) is 2.68. The summed E-state index contributed by atoms with van der Waals surface area (Å²) in [5.74, 6) is -0.588. The molecular formula is C16H24N4O2. The first-order chi connectivity index (χ1) is 10.5. The molecule has 3 amide bonds. The second-order valence-corrected chi connectivity index (χ2v) is 5.93. The fourth-order valence-electron chi connectivity index (χ4n) is 2.68. The summed E-state index contributed by atoms with van der Waals surface area (Å²) in [6.45, 7) is 5.67. The van der Waals surface area contributed by atoms with Crippen molar-refractivity contribution in [1.82, 2.24) is 5.32 Å². The number of primary amides is 1. The van der Waals surface area contributed by atoms with Crippen LogP contribution in [-0.2, 0) is 4.79 Å². The van der Waals surface area contributed by atoms with Crippen molar-refractivity contribution in [2.75, 3.05) is 23.3 Å². The van der Waals surface area contributed by atoms with E-state index in [1.807, 2.05) is 38.1 Å². The maximum atomic E-state index is 12.2. The monoisotopic (exact) mass is 304 g/mol. The molecule has 120 valence electrons. The van der Waals surface area contributed by atoms with Gasteiger partial charge in [-0.15, -0.1) is 0 Å². The molecule has 1 atom stereocenters. The van der Waals surface area contributed by atoms with Crippen molar-refractivity contribution in [1.29, 1.82) is 0 Å². The van der Waals surface area contributed by atoms with Crippen LogP contribution >= 0.6 is 0 Å². The predicted octanol–water partition coefficient (Wildman–Crippen LogP) is 1.92. The second-order valence-electron chi connectivity index (χ2n) is 5.93. The summed E-state index contributed by atoms with van der Waals surface area (Å²) in [6, 6.07) is 6.60. The zero-order chi connectivity index (χ0) is 16.1. The van der Waals surface area contributed by atoms with Gasteiger partial charge in [-0.25, -0.2) is 4.79 Å². The van der Waals surface area contributed by atoms with Crippen LogP contribution in [0.25, 0.3) is 0 Å². The maximum absolute atomic E-state index is 12.2. The summed E-state index contributed by atoms with van der Waals surface area (Å²) in [4.78, 5) is 25.8. The van der Waals surface area contributed by atoms with Crippen LogP contribution in [0, 0.1) is 5.92 Å². The van der Waals surface area contributed by atoms with E-state index in [2.05, 4.69) is 15.5 Å². The molecule has 1 aromatic carbocycles.